The number of ether oxygens (including phenoxy) is 4. The standard InChI is InChI=1S/C69H134O17P2/c1-59(2)45-37-29-21-15-11-9-13-17-25-35-43-51-68(73)85-64(55-79-66(71)49-41-33-24-20-19-23-31-39-47-61(5)6)57-83-87(75,76)81-53-63(70)54-82-88(77,78)84-58-65(56-80-67(72)50-42-34-28-27-32-40-48-62(7)8)86-69(74)52-44-36-26-18-14-10-12-16-22-30-38-46-60(3)4/h59-65,70H,9-58H2,1-8H3,(H,75,76)(H,77,78)/t63?,64-,65-/m1/s1. The molecule has 0 saturated carbocycles. The summed E-state index contributed by atoms with van der Waals surface area (Å²) in [7, 11) is -9.90. The number of esters is 4. The lowest BCUT2D eigenvalue weighted by molar-refractivity contribution is -0.161. The Balaban J connectivity index is 5.25. The summed E-state index contributed by atoms with van der Waals surface area (Å²) in [6, 6.07) is 0. The summed E-state index contributed by atoms with van der Waals surface area (Å²) in [5.41, 5.74) is 0. The Kier molecular flexibility index (Phi) is 57.6. The Hall–Kier alpha value is -1.94. The number of carbonyl (C=O) groups is 4. The molecule has 0 fully saturated rings. The third-order valence-corrected chi connectivity index (χ3v) is 17.7. The van der Waals surface area contributed by atoms with Crippen LogP contribution in [0.4, 0.5) is 0 Å². The largest absolute Gasteiger partial charge is 0.472 e. The molecule has 0 aliphatic rings. The van der Waals surface area contributed by atoms with E-state index < -0.39 is 97.5 Å². The normalized spacial score (nSPS) is 14.3. The van der Waals surface area contributed by atoms with Crippen LogP contribution in [0.2, 0.25) is 0 Å². The van der Waals surface area contributed by atoms with Crippen molar-refractivity contribution in [2.24, 2.45) is 23.7 Å². The fraction of sp³-hybridized carbons (Fsp3) is 0.942. The van der Waals surface area contributed by atoms with Crippen molar-refractivity contribution in [1.82, 2.24) is 0 Å². The molecule has 0 aliphatic heterocycles. The first kappa shape index (κ1) is 86.1. The molecule has 3 N–H and O–H groups in total. The van der Waals surface area contributed by atoms with Crippen molar-refractivity contribution in [3.8, 4) is 0 Å². The molecule has 19 heteroatoms. The second kappa shape index (κ2) is 58.8. The van der Waals surface area contributed by atoms with Gasteiger partial charge in [0, 0.05) is 25.7 Å². The van der Waals surface area contributed by atoms with Crippen LogP contribution in [0.3, 0.4) is 0 Å². The summed E-state index contributed by atoms with van der Waals surface area (Å²) in [5.74, 6) is 0.804. The summed E-state index contributed by atoms with van der Waals surface area (Å²) in [6.45, 7) is 14.0. The lowest BCUT2D eigenvalue weighted by atomic mass is 10.0. The zero-order chi connectivity index (χ0) is 65.4. The van der Waals surface area contributed by atoms with E-state index in [0.29, 0.717) is 31.6 Å². The highest BCUT2D eigenvalue weighted by Gasteiger charge is 2.30. The maximum Gasteiger partial charge on any atom is 0.472 e. The van der Waals surface area contributed by atoms with Crippen LogP contribution < -0.4 is 0 Å². The van der Waals surface area contributed by atoms with Gasteiger partial charge in [-0.15, -0.1) is 0 Å². The van der Waals surface area contributed by atoms with E-state index in [1.807, 2.05) is 0 Å². The van der Waals surface area contributed by atoms with Gasteiger partial charge in [0.2, 0.25) is 0 Å². The van der Waals surface area contributed by atoms with Crippen LogP contribution in [0, 0.1) is 23.7 Å². The highest BCUT2D eigenvalue weighted by atomic mass is 31.2. The Labute approximate surface area is 537 Å². The van der Waals surface area contributed by atoms with Crippen molar-refractivity contribution in [2.75, 3.05) is 39.6 Å². The maximum absolute atomic E-state index is 13.0. The van der Waals surface area contributed by atoms with Crippen LogP contribution in [-0.4, -0.2) is 96.7 Å². The van der Waals surface area contributed by atoms with Gasteiger partial charge in [-0.1, -0.05) is 287 Å². The van der Waals surface area contributed by atoms with E-state index in [1.165, 1.54) is 135 Å². The van der Waals surface area contributed by atoms with E-state index in [4.69, 9.17) is 37.0 Å². The van der Waals surface area contributed by atoms with Crippen LogP contribution >= 0.6 is 15.6 Å². The lowest BCUT2D eigenvalue weighted by Crippen LogP contribution is -2.30. The number of phosphoric ester groups is 2. The predicted molar refractivity (Wildman–Crippen MR) is 354 cm³/mol. The minimum atomic E-state index is -4.95. The number of carbonyl (C=O) groups excluding carboxylic acids is 4. The van der Waals surface area contributed by atoms with Crippen molar-refractivity contribution in [1.29, 1.82) is 0 Å². The molecule has 0 amide bonds. The number of hydrogen-bond acceptors (Lipinski definition) is 15. The molecule has 0 saturated heterocycles. The predicted octanol–water partition coefficient (Wildman–Crippen LogP) is 19.3. The minimum Gasteiger partial charge on any atom is -0.462 e. The second-order valence-corrected chi connectivity index (χ2v) is 29.7. The first-order valence-electron chi connectivity index (χ1n) is 35.7. The van der Waals surface area contributed by atoms with Gasteiger partial charge in [-0.2, -0.15) is 0 Å². The second-order valence-electron chi connectivity index (χ2n) is 26.8. The van der Waals surface area contributed by atoms with E-state index >= 15 is 0 Å². The summed E-state index contributed by atoms with van der Waals surface area (Å²) >= 11 is 0. The Morgan fingerprint density at radius 1 is 0.284 bits per heavy atom. The van der Waals surface area contributed by atoms with Gasteiger partial charge in [0.1, 0.15) is 19.3 Å². The first-order chi connectivity index (χ1) is 42.1. The molecule has 0 aromatic carbocycles. The van der Waals surface area contributed by atoms with Gasteiger partial charge < -0.3 is 33.8 Å². The third kappa shape index (κ3) is 62.8. The molecule has 0 aromatic heterocycles. The van der Waals surface area contributed by atoms with Crippen molar-refractivity contribution in [2.45, 2.75) is 356 Å². The first-order valence-corrected chi connectivity index (χ1v) is 38.7. The molecular weight excluding hydrogens is 1160 g/mol. The number of phosphoric acid groups is 2. The topological polar surface area (TPSA) is 237 Å². The van der Waals surface area contributed by atoms with Crippen molar-refractivity contribution >= 4 is 39.5 Å². The van der Waals surface area contributed by atoms with Gasteiger partial charge in [-0.25, -0.2) is 9.13 Å². The minimum absolute atomic E-state index is 0.105. The highest BCUT2D eigenvalue weighted by molar-refractivity contribution is 7.47. The zero-order valence-corrected chi connectivity index (χ0v) is 59.1. The number of aliphatic hydroxyl groups is 1. The zero-order valence-electron chi connectivity index (χ0n) is 57.3. The quantitative estimate of drug-likeness (QED) is 0.0222. The summed E-state index contributed by atoms with van der Waals surface area (Å²) in [6.07, 6.45) is 40.4. The molecule has 0 heterocycles. The Morgan fingerprint density at radius 2 is 0.477 bits per heavy atom. The molecule has 88 heavy (non-hydrogen) atoms. The van der Waals surface area contributed by atoms with Crippen molar-refractivity contribution in [3.05, 3.63) is 0 Å². The monoisotopic (exact) mass is 1300 g/mol. The molecule has 0 rings (SSSR count). The molecule has 0 spiro atoms. The molecule has 3 unspecified atom stereocenters. The van der Waals surface area contributed by atoms with Crippen LogP contribution in [0.25, 0.3) is 0 Å². The average molecular weight is 1300 g/mol. The number of rotatable bonds is 66. The Morgan fingerprint density at radius 3 is 0.705 bits per heavy atom. The molecule has 0 aromatic rings. The fourth-order valence-corrected chi connectivity index (χ4v) is 11.9. The number of hydrogen-bond donors (Lipinski definition) is 3. The molecule has 0 radical (unpaired) electrons. The van der Waals surface area contributed by atoms with E-state index in [1.54, 1.807) is 0 Å². The van der Waals surface area contributed by atoms with Crippen LogP contribution in [0.15, 0.2) is 0 Å². The van der Waals surface area contributed by atoms with E-state index in [-0.39, 0.29) is 25.7 Å². The van der Waals surface area contributed by atoms with E-state index in [2.05, 4.69) is 55.4 Å². The van der Waals surface area contributed by atoms with Crippen molar-refractivity contribution < 1.29 is 80.2 Å². The van der Waals surface area contributed by atoms with Crippen LogP contribution in [0.1, 0.15) is 338 Å². The van der Waals surface area contributed by atoms with E-state index in [0.717, 1.165) is 114 Å². The van der Waals surface area contributed by atoms with Crippen LogP contribution in [-0.2, 0) is 65.4 Å². The van der Waals surface area contributed by atoms with Gasteiger partial charge >= 0.3 is 39.5 Å². The number of unbranched alkanes of at least 4 members (excludes halogenated alkanes) is 32. The SMILES string of the molecule is CC(C)CCCCCCCCCCCCCC(=O)O[C@H](COC(=O)CCCCCCCCCCC(C)C)COP(=O)(O)OCC(O)COP(=O)(O)OC[C@@H](COC(=O)CCCCCCCCC(C)C)OC(=O)CCCCCCCCCCCCCC(C)C. The Bertz CT molecular complexity index is 1750. The summed E-state index contributed by atoms with van der Waals surface area (Å²) in [5, 5.41) is 10.6. The number of aliphatic hydroxyl groups excluding tert-OH is 1. The average Bonchev–Trinajstić information content (AvgIpc) is 3.53. The molecule has 522 valence electrons. The molecule has 0 bridgehead atoms. The van der Waals surface area contributed by atoms with Crippen LogP contribution in [0.5, 0.6) is 0 Å². The molecule has 0 aliphatic carbocycles. The third-order valence-electron chi connectivity index (χ3n) is 15.8. The van der Waals surface area contributed by atoms with Gasteiger partial charge in [0.15, 0.2) is 12.2 Å². The molecule has 17 nitrogen and oxygen atoms in total. The molecule has 5 atom stereocenters. The van der Waals surface area contributed by atoms with Gasteiger partial charge in [0.25, 0.3) is 0 Å². The van der Waals surface area contributed by atoms with Crippen molar-refractivity contribution in [3.63, 3.8) is 0 Å². The lowest BCUT2D eigenvalue weighted by Gasteiger charge is -2.21. The van der Waals surface area contributed by atoms with Gasteiger partial charge in [-0.3, -0.25) is 37.3 Å². The molecular formula is C69H134O17P2. The summed E-state index contributed by atoms with van der Waals surface area (Å²) < 4.78 is 68.2. The van der Waals surface area contributed by atoms with Gasteiger partial charge in [0.05, 0.1) is 26.4 Å². The highest BCUT2D eigenvalue weighted by Crippen LogP contribution is 2.45. The van der Waals surface area contributed by atoms with E-state index in [9.17, 15) is 43.2 Å². The summed E-state index contributed by atoms with van der Waals surface area (Å²) in [4.78, 5) is 72.5. The smallest absolute Gasteiger partial charge is 0.462 e. The fourth-order valence-electron chi connectivity index (χ4n) is 10.3. The van der Waals surface area contributed by atoms with Gasteiger partial charge in [-0.05, 0) is 49.4 Å². The maximum atomic E-state index is 13.0.